The molecule has 2 aliphatic heterocycles. The van der Waals surface area contributed by atoms with E-state index in [-0.39, 0.29) is 5.91 Å². The van der Waals surface area contributed by atoms with Crippen molar-refractivity contribution in [3.05, 3.63) is 0 Å². The molecule has 78 valence electrons. The van der Waals surface area contributed by atoms with Crippen molar-refractivity contribution in [1.29, 1.82) is 0 Å². The Labute approximate surface area is 84.4 Å². The van der Waals surface area contributed by atoms with Crippen LogP contribution in [0, 0.1) is 5.41 Å². The van der Waals surface area contributed by atoms with E-state index in [1.165, 1.54) is 19.3 Å². The molecule has 0 N–H and O–H groups in total. The molecule has 1 atom stereocenters. The lowest BCUT2D eigenvalue weighted by Crippen LogP contribution is -2.54. The van der Waals surface area contributed by atoms with Crippen LogP contribution in [-0.2, 0) is 9.53 Å². The minimum atomic E-state index is -0.472. The van der Waals surface area contributed by atoms with E-state index in [4.69, 9.17) is 4.74 Å². The molecule has 0 aromatic carbocycles. The Morgan fingerprint density at radius 3 is 2.43 bits per heavy atom. The minimum Gasteiger partial charge on any atom is -0.365 e. The van der Waals surface area contributed by atoms with Crippen molar-refractivity contribution in [3.63, 3.8) is 0 Å². The maximum Gasteiger partial charge on any atom is 0.254 e. The fourth-order valence-electron chi connectivity index (χ4n) is 2.60. The Bertz CT molecular complexity index is 279. The van der Waals surface area contributed by atoms with Gasteiger partial charge in [0.15, 0.2) is 0 Å². The molecule has 1 saturated carbocycles. The second kappa shape index (κ2) is 2.51. The number of nitrogens with zero attached hydrogens (tertiary/aromatic N) is 1. The number of hydrogen-bond donors (Lipinski definition) is 0. The molecule has 3 nitrogen and oxygen atoms in total. The summed E-state index contributed by atoms with van der Waals surface area (Å²) in [4.78, 5) is 14.1. The van der Waals surface area contributed by atoms with Gasteiger partial charge in [-0.1, -0.05) is 0 Å². The number of hydrogen-bond acceptors (Lipinski definition) is 2. The lowest BCUT2D eigenvalue weighted by Gasteiger charge is -2.39. The molecule has 3 rings (SSSR count). The molecule has 3 heteroatoms. The van der Waals surface area contributed by atoms with Gasteiger partial charge in [0.25, 0.3) is 5.91 Å². The van der Waals surface area contributed by atoms with Gasteiger partial charge in [0.05, 0.1) is 6.61 Å². The lowest BCUT2D eigenvalue weighted by atomic mass is 9.96. The smallest absolute Gasteiger partial charge is 0.254 e. The number of ether oxygens (including phenoxy) is 1. The Kier molecular flexibility index (Phi) is 1.56. The Morgan fingerprint density at radius 2 is 2.00 bits per heavy atom. The molecule has 2 heterocycles. The number of rotatable bonds is 1. The SMILES string of the molecule is C[C@@]1(C(=O)N2CCC3(CC3)C2)CCO1. The summed E-state index contributed by atoms with van der Waals surface area (Å²) in [6.45, 7) is 4.63. The predicted octanol–water partition coefficient (Wildman–Crippen LogP) is 1.18. The van der Waals surface area contributed by atoms with Gasteiger partial charge in [-0.3, -0.25) is 4.79 Å². The topological polar surface area (TPSA) is 29.5 Å². The molecule has 14 heavy (non-hydrogen) atoms. The van der Waals surface area contributed by atoms with Crippen molar-refractivity contribution >= 4 is 5.91 Å². The Balaban J connectivity index is 1.68. The monoisotopic (exact) mass is 195 g/mol. The molecule has 0 unspecified atom stereocenters. The summed E-state index contributed by atoms with van der Waals surface area (Å²) >= 11 is 0. The van der Waals surface area contributed by atoms with Crippen molar-refractivity contribution in [2.75, 3.05) is 19.7 Å². The first-order chi connectivity index (χ1) is 6.64. The first kappa shape index (κ1) is 8.72. The van der Waals surface area contributed by atoms with Crippen LogP contribution in [0.15, 0.2) is 0 Å². The fourth-order valence-corrected chi connectivity index (χ4v) is 2.60. The van der Waals surface area contributed by atoms with Crippen molar-refractivity contribution in [2.24, 2.45) is 5.41 Å². The van der Waals surface area contributed by atoms with Crippen LogP contribution < -0.4 is 0 Å². The van der Waals surface area contributed by atoms with Gasteiger partial charge >= 0.3 is 0 Å². The quantitative estimate of drug-likeness (QED) is 0.628. The lowest BCUT2D eigenvalue weighted by molar-refractivity contribution is -0.180. The normalized spacial score (nSPS) is 38.5. The summed E-state index contributed by atoms with van der Waals surface area (Å²) in [6, 6.07) is 0. The van der Waals surface area contributed by atoms with Gasteiger partial charge in [-0.05, 0) is 31.6 Å². The van der Waals surface area contributed by atoms with Crippen LogP contribution >= 0.6 is 0 Å². The van der Waals surface area contributed by atoms with Crippen molar-refractivity contribution in [1.82, 2.24) is 4.90 Å². The van der Waals surface area contributed by atoms with Crippen LogP contribution in [0.3, 0.4) is 0 Å². The zero-order chi connectivity index (χ0) is 9.81. The van der Waals surface area contributed by atoms with E-state index < -0.39 is 5.60 Å². The van der Waals surface area contributed by atoms with Gasteiger partial charge in [-0.2, -0.15) is 0 Å². The molecule has 0 aromatic rings. The molecule has 0 radical (unpaired) electrons. The van der Waals surface area contributed by atoms with E-state index in [1.807, 2.05) is 11.8 Å². The summed E-state index contributed by atoms with van der Waals surface area (Å²) in [7, 11) is 0. The molecule has 0 bridgehead atoms. The van der Waals surface area contributed by atoms with Crippen molar-refractivity contribution in [2.45, 2.75) is 38.2 Å². The Morgan fingerprint density at radius 1 is 1.29 bits per heavy atom. The summed E-state index contributed by atoms with van der Waals surface area (Å²) in [6.07, 6.45) is 4.77. The number of carbonyl (C=O) groups excluding carboxylic acids is 1. The number of carbonyl (C=O) groups is 1. The molecule has 3 fully saturated rings. The number of amides is 1. The first-order valence-electron chi connectivity index (χ1n) is 5.57. The van der Waals surface area contributed by atoms with Gasteiger partial charge in [-0.15, -0.1) is 0 Å². The van der Waals surface area contributed by atoms with E-state index in [0.29, 0.717) is 5.41 Å². The maximum absolute atomic E-state index is 12.1. The van der Waals surface area contributed by atoms with E-state index in [2.05, 4.69) is 0 Å². The molecular formula is C11H17NO2. The summed E-state index contributed by atoms with van der Waals surface area (Å²) in [5, 5.41) is 0. The van der Waals surface area contributed by atoms with Gasteiger partial charge < -0.3 is 9.64 Å². The molecule has 1 spiro atoms. The second-order valence-electron chi connectivity index (χ2n) is 5.31. The third-order valence-corrected chi connectivity index (χ3v) is 4.13. The fraction of sp³-hybridized carbons (Fsp3) is 0.909. The molecule has 3 aliphatic rings. The van der Waals surface area contributed by atoms with Crippen LogP contribution in [0.25, 0.3) is 0 Å². The maximum atomic E-state index is 12.1. The van der Waals surface area contributed by atoms with E-state index in [1.54, 1.807) is 0 Å². The van der Waals surface area contributed by atoms with Gasteiger partial charge in [-0.25, -0.2) is 0 Å². The molecule has 0 aromatic heterocycles. The molecule has 1 aliphatic carbocycles. The van der Waals surface area contributed by atoms with Gasteiger partial charge in [0.2, 0.25) is 0 Å². The molecular weight excluding hydrogens is 178 g/mol. The zero-order valence-electron chi connectivity index (χ0n) is 8.71. The third kappa shape index (κ3) is 1.11. The predicted molar refractivity (Wildman–Crippen MR) is 51.8 cm³/mol. The largest absolute Gasteiger partial charge is 0.365 e. The van der Waals surface area contributed by atoms with E-state index in [0.717, 1.165) is 26.1 Å². The minimum absolute atomic E-state index is 0.229. The number of likely N-dealkylation sites (tertiary alicyclic amines) is 1. The van der Waals surface area contributed by atoms with Gasteiger partial charge in [0.1, 0.15) is 5.60 Å². The first-order valence-corrected chi connectivity index (χ1v) is 5.57. The second-order valence-corrected chi connectivity index (χ2v) is 5.31. The van der Waals surface area contributed by atoms with Crippen LogP contribution in [0.1, 0.15) is 32.6 Å². The van der Waals surface area contributed by atoms with Crippen molar-refractivity contribution in [3.8, 4) is 0 Å². The molecule has 1 amide bonds. The highest BCUT2D eigenvalue weighted by Crippen LogP contribution is 2.53. The zero-order valence-corrected chi connectivity index (χ0v) is 8.71. The summed E-state index contributed by atoms with van der Waals surface area (Å²) < 4.78 is 5.39. The average Bonchev–Trinajstić information content (AvgIpc) is 2.72. The van der Waals surface area contributed by atoms with E-state index in [9.17, 15) is 4.79 Å². The van der Waals surface area contributed by atoms with Crippen LogP contribution in [0.5, 0.6) is 0 Å². The highest BCUT2D eigenvalue weighted by Gasteiger charge is 2.52. The van der Waals surface area contributed by atoms with Crippen LogP contribution in [0.2, 0.25) is 0 Å². The molecule has 2 saturated heterocycles. The summed E-state index contributed by atoms with van der Waals surface area (Å²) in [5.41, 5.74) is 0.0657. The highest BCUT2D eigenvalue weighted by molar-refractivity contribution is 5.86. The van der Waals surface area contributed by atoms with Crippen molar-refractivity contribution < 1.29 is 9.53 Å². The standard InChI is InChI=1S/C11H17NO2/c1-10(5-7-14-10)9(13)12-6-4-11(8-12)2-3-11/h2-8H2,1H3/t10-/m0/s1. The highest BCUT2D eigenvalue weighted by atomic mass is 16.5. The average molecular weight is 195 g/mol. The summed E-state index contributed by atoms with van der Waals surface area (Å²) in [5.74, 6) is 0.229. The van der Waals surface area contributed by atoms with Crippen LogP contribution in [-0.4, -0.2) is 36.1 Å². The van der Waals surface area contributed by atoms with Gasteiger partial charge in [0, 0.05) is 19.5 Å². The van der Waals surface area contributed by atoms with E-state index >= 15 is 0 Å². The Hall–Kier alpha value is -0.570. The van der Waals surface area contributed by atoms with Crippen LogP contribution in [0.4, 0.5) is 0 Å². The third-order valence-electron chi connectivity index (χ3n) is 4.13.